The highest BCUT2D eigenvalue weighted by atomic mass is 16.4. The summed E-state index contributed by atoms with van der Waals surface area (Å²) in [5.41, 5.74) is 4.37. The van der Waals surface area contributed by atoms with Gasteiger partial charge in [-0.15, -0.1) is 0 Å². The van der Waals surface area contributed by atoms with Crippen LogP contribution in [0.5, 0.6) is 0 Å². The molecule has 1 amide bonds. The molecule has 6 nitrogen and oxygen atoms in total. The molecule has 0 aromatic heterocycles. The van der Waals surface area contributed by atoms with Crippen LogP contribution in [0, 0.1) is 6.92 Å². The first-order valence-electron chi connectivity index (χ1n) is 13.7. The molecule has 3 aromatic rings. The van der Waals surface area contributed by atoms with E-state index in [1.165, 1.54) is 37.7 Å². The highest BCUT2D eigenvalue weighted by Gasteiger charge is 2.26. The number of carbonyl (C=O) groups is 4. The van der Waals surface area contributed by atoms with Crippen LogP contribution in [0.2, 0.25) is 0 Å². The van der Waals surface area contributed by atoms with Crippen LogP contribution >= 0.6 is 0 Å². The van der Waals surface area contributed by atoms with Crippen molar-refractivity contribution in [1.29, 1.82) is 0 Å². The normalized spacial score (nSPS) is 14.4. The Morgan fingerprint density at radius 2 is 1.51 bits per heavy atom. The first kappa shape index (κ1) is 28.0. The molecule has 1 aliphatic rings. The van der Waals surface area contributed by atoms with Crippen LogP contribution in [-0.2, 0) is 4.79 Å². The van der Waals surface area contributed by atoms with Gasteiger partial charge >= 0.3 is 5.97 Å². The standard InChI is InChI=1S/C33H35NO5/c1-22-6-5-9-28(20-22)30(35)21-29(25-12-16-27(17-13-25)33(39)34-19-18-31(36)37)32(38)26-14-10-24(11-15-26)23-7-3-2-4-8-23/h5-6,9-17,20,23,29H,2-4,7-8,18-19,21H2,1H3,(H,34,39)(H,36,37). The molecular formula is C33H35NO5. The Bertz CT molecular complexity index is 1320. The third-order valence-electron chi connectivity index (χ3n) is 7.52. The number of hydrogen-bond acceptors (Lipinski definition) is 4. The molecule has 1 saturated carbocycles. The topological polar surface area (TPSA) is 101 Å². The number of aliphatic carboxylic acids is 1. The zero-order valence-corrected chi connectivity index (χ0v) is 22.3. The van der Waals surface area contributed by atoms with Crippen LogP contribution in [0.25, 0.3) is 0 Å². The quantitative estimate of drug-likeness (QED) is 0.279. The Morgan fingerprint density at radius 3 is 2.15 bits per heavy atom. The molecule has 1 aliphatic carbocycles. The predicted octanol–water partition coefficient (Wildman–Crippen LogP) is 6.49. The van der Waals surface area contributed by atoms with Gasteiger partial charge in [0.15, 0.2) is 11.6 Å². The summed E-state index contributed by atoms with van der Waals surface area (Å²) in [4.78, 5) is 50.2. The third kappa shape index (κ3) is 7.50. The van der Waals surface area contributed by atoms with Crippen LogP contribution in [-0.4, -0.2) is 35.1 Å². The first-order chi connectivity index (χ1) is 18.8. The number of amides is 1. The van der Waals surface area contributed by atoms with E-state index < -0.39 is 11.9 Å². The number of ketones is 2. The monoisotopic (exact) mass is 525 g/mol. The second kappa shape index (κ2) is 13.1. The molecule has 0 aliphatic heterocycles. The second-order valence-electron chi connectivity index (χ2n) is 10.4. The maximum atomic E-state index is 13.8. The van der Waals surface area contributed by atoms with E-state index in [4.69, 9.17) is 5.11 Å². The Balaban J connectivity index is 1.56. The van der Waals surface area contributed by atoms with Gasteiger partial charge in [0.25, 0.3) is 5.91 Å². The highest BCUT2D eigenvalue weighted by Crippen LogP contribution is 2.33. The van der Waals surface area contributed by atoms with Gasteiger partial charge in [-0.1, -0.05) is 79.4 Å². The van der Waals surface area contributed by atoms with Crippen LogP contribution in [0.1, 0.15) is 105 Å². The van der Waals surface area contributed by atoms with Crippen molar-refractivity contribution in [3.63, 3.8) is 0 Å². The minimum Gasteiger partial charge on any atom is -0.481 e. The van der Waals surface area contributed by atoms with Gasteiger partial charge in [0.2, 0.25) is 0 Å². The summed E-state index contributed by atoms with van der Waals surface area (Å²) in [6, 6.07) is 21.8. The summed E-state index contributed by atoms with van der Waals surface area (Å²) >= 11 is 0. The van der Waals surface area contributed by atoms with Gasteiger partial charge in [0.1, 0.15) is 0 Å². The molecule has 1 unspecified atom stereocenters. The van der Waals surface area contributed by atoms with E-state index in [9.17, 15) is 19.2 Å². The van der Waals surface area contributed by atoms with Crippen molar-refractivity contribution in [2.24, 2.45) is 0 Å². The fourth-order valence-corrected chi connectivity index (χ4v) is 5.29. The predicted molar refractivity (Wildman–Crippen MR) is 150 cm³/mol. The van der Waals surface area contributed by atoms with Crippen LogP contribution < -0.4 is 5.32 Å². The van der Waals surface area contributed by atoms with Crippen molar-refractivity contribution in [2.45, 2.75) is 63.7 Å². The van der Waals surface area contributed by atoms with Gasteiger partial charge < -0.3 is 10.4 Å². The zero-order chi connectivity index (χ0) is 27.8. The van der Waals surface area contributed by atoms with E-state index in [0.29, 0.717) is 28.2 Å². The molecule has 3 aromatic carbocycles. The summed E-state index contributed by atoms with van der Waals surface area (Å²) in [6.07, 6.45) is 5.96. The molecule has 2 N–H and O–H groups in total. The third-order valence-corrected chi connectivity index (χ3v) is 7.52. The summed E-state index contributed by atoms with van der Waals surface area (Å²) in [6.45, 7) is 1.95. The number of carboxylic acids is 1. The molecule has 0 radical (unpaired) electrons. The molecular weight excluding hydrogens is 490 g/mol. The fraction of sp³-hybridized carbons (Fsp3) is 0.333. The Labute approximate surface area is 229 Å². The van der Waals surface area contributed by atoms with E-state index in [1.807, 2.05) is 49.4 Å². The van der Waals surface area contributed by atoms with Crippen molar-refractivity contribution in [3.05, 3.63) is 106 Å². The van der Waals surface area contributed by atoms with E-state index in [-0.39, 0.29) is 36.9 Å². The van der Waals surface area contributed by atoms with E-state index in [2.05, 4.69) is 5.32 Å². The van der Waals surface area contributed by atoms with Crippen molar-refractivity contribution < 1.29 is 24.3 Å². The molecule has 0 spiro atoms. The molecule has 202 valence electrons. The van der Waals surface area contributed by atoms with Gasteiger partial charge in [0, 0.05) is 29.7 Å². The molecule has 1 fully saturated rings. The molecule has 4 rings (SSSR count). The smallest absolute Gasteiger partial charge is 0.305 e. The van der Waals surface area contributed by atoms with Gasteiger partial charge in [-0.2, -0.15) is 0 Å². The molecule has 39 heavy (non-hydrogen) atoms. The number of hydrogen-bond donors (Lipinski definition) is 2. The maximum absolute atomic E-state index is 13.8. The lowest BCUT2D eigenvalue weighted by atomic mass is 9.82. The summed E-state index contributed by atoms with van der Waals surface area (Å²) in [5, 5.41) is 11.4. The molecule has 6 heteroatoms. The van der Waals surface area contributed by atoms with Crippen molar-refractivity contribution in [1.82, 2.24) is 5.32 Å². The maximum Gasteiger partial charge on any atom is 0.305 e. The average molecular weight is 526 g/mol. The van der Waals surface area contributed by atoms with Crippen LogP contribution in [0.3, 0.4) is 0 Å². The Kier molecular flexibility index (Phi) is 9.42. The number of aryl methyl sites for hydroxylation is 1. The van der Waals surface area contributed by atoms with Crippen molar-refractivity contribution in [2.75, 3.05) is 6.54 Å². The van der Waals surface area contributed by atoms with E-state index in [1.54, 1.807) is 30.3 Å². The van der Waals surface area contributed by atoms with Gasteiger partial charge in [-0.05, 0) is 55.0 Å². The Hall–Kier alpha value is -4.06. The largest absolute Gasteiger partial charge is 0.481 e. The molecule has 0 saturated heterocycles. The summed E-state index contributed by atoms with van der Waals surface area (Å²) in [7, 11) is 0. The number of carbonyl (C=O) groups excluding carboxylic acids is 3. The summed E-state index contributed by atoms with van der Waals surface area (Å²) < 4.78 is 0. The molecule has 0 bridgehead atoms. The lowest BCUT2D eigenvalue weighted by molar-refractivity contribution is -0.136. The van der Waals surface area contributed by atoms with Crippen LogP contribution in [0.15, 0.2) is 72.8 Å². The second-order valence-corrected chi connectivity index (χ2v) is 10.4. The lowest BCUT2D eigenvalue weighted by Gasteiger charge is -2.22. The van der Waals surface area contributed by atoms with Crippen molar-refractivity contribution in [3.8, 4) is 0 Å². The molecule has 1 atom stereocenters. The first-order valence-corrected chi connectivity index (χ1v) is 13.7. The number of rotatable bonds is 11. The Morgan fingerprint density at radius 1 is 0.846 bits per heavy atom. The minimum absolute atomic E-state index is 0.0107. The zero-order valence-electron chi connectivity index (χ0n) is 22.3. The SMILES string of the molecule is Cc1cccc(C(=O)CC(C(=O)c2ccc(C3CCCCC3)cc2)c2ccc(C(=O)NCCC(=O)O)cc2)c1. The van der Waals surface area contributed by atoms with Gasteiger partial charge in [0.05, 0.1) is 12.3 Å². The lowest BCUT2D eigenvalue weighted by Crippen LogP contribution is -2.26. The number of benzene rings is 3. The minimum atomic E-state index is -0.989. The van der Waals surface area contributed by atoms with Crippen LogP contribution in [0.4, 0.5) is 0 Å². The number of carboxylic acid groups (broad SMARTS) is 1. The van der Waals surface area contributed by atoms with Crippen molar-refractivity contribution >= 4 is 23.4 Å². The highest BCUT2D eigenvalue weighted by molar-refractivity contribution is 6.06. The number of Topliss-reactive ketones (excluding diaryl/α,β-unsaturated/α-hetero) is 2. The van der Waals surface area contributed by atoms with Gasteiger partial charge in [-0.25, -0.2) is 0 Å². The van der Waals surface area contributed by atoms with Gasteiger partial charge in [-0.3, -0.25) is 19.2 Å². The summed E-state index contributed by atoms with van der Waals surface area (Å²) in [5.74, 6) is -1.80. The number of nitrogens with one attached hydrogen (secondary N) is 1. The molecule has 0 heterocycles. The van der Waals surface area contributed by atoms with E-state index >= 15 is 0 Å². The van der Waals surface area contributed by atoms with E-state index in [0.717, 1.165) is 5.56 Å². The average Bonchev–Trinajstić information content (AvgIpc) is 2.96. The fourth-order valence-electron chi connectivity index (χ4n) is 5.29.